The second-order valence-electron chi connectivity index (χ2n) is 5.13. The van der Waals surface area contributed by atoms with Crippen LogP contribution < -0.4 is 5.32 Å². The van der Waals surface area contributed by atoms with Crippen LogP contribution in [-0.2, 0) is 6.54 Å². The van der Waals surface area contributed by atoms with Gasteiger partial charge in [-0.25, -0.2) is 0 Å². The van der Waals surface area contributed by atoms with Crippen molar-refractivity contribution in [3.8, 4) is 0 Å². The van der Waals surface area contributed by atoms with E-state index in [1.165, 1.54) is 6.07 Å². The molecule has 1 aliphatic carbocycles. The monoisotopic (exact) mass is 303 g/mol. The highest BCUT2D eigenvalue weighted by molar-refractivity contribution is 5.95. The lowest BCUT2D eigenvalue weighted by molar-refractivity contribution is 0.0875. The number of carbonyl (C=O) groups excluding carboxylic acids is 1. The zero-order chi connectivity index (χ0) is 15.9. The van der Waals surface area contributed by atoms with Crippen LogP contribution >= 0.6 is 0 Å². The Labute approximate surface area is 125 Å². The van der Waals surface area contributed by atoms with Gasteiger partial charge in [-0.05, 0) is 53.6 Å². The smallest absolute Gasteiger partial charge is 0.251 e. The van der Waals surface area contributed by atoms with Gasteiger partial charge in [0, 0.05) is 27.1 Å². The Hall–Kier alpha value is -2.76. The van der Waals surface area contributed by atoms with Crippen LogP contribution in [0, 0.1) is 5.92 Å². The highest BCUT2D eigenvalue weighted by atomic mass is 19.1. The lowest BCUT2D eigenvalue weighted by atomic mass is 9.81. The Morgan fingerprint density at radius 3 is 2.73 bits per heavy atom. The molecule has 0 saturated heterocycles. The topological polar surface area (TPSA) is 127 Å². The summed E-state index contributed by atoms with van der Waals surface area (Å²) in [7, 11) is 0. The molecule has 1 aromatic rings. The van der Waals surface area contributed by atoms with Crippen molar-refractivity contribution in [2.75, 3.05) is 6.67 Å². The molecule has 0 unspecified atom stereocenters. The van der Waals surface area contributed by atoms with Crippen LogP contribution in [-0.4, -0.2) is 18.6 Å². The van der Waals surface area contributed by atoms with E-state index in [0.29, 0.717) is 24.0 Å². The Morgan fingerprint density at radius 2 is 2.09 bits per heavy atom. The van der Waals surface area contributed by atoms with Gasteiger partial charge in [0.2, 0.25) is 0 Å². The molecule has 1 saturated carbocycles. The molecule has 1 aliphatic rings. The van der Waals surface area contributed by atoms with Gasteiger partial charge in [-0.1, -0.05) is 10.2 Å². The van der Waals surface area contributed by atoms with Crippen molar-refractivity contribution >= 4 is 11.6 Å². The number of carbonyl (C=O) groups is 1. The van der Waals surface area contributed by atoms with E-state index in [4.69, 9.17) is 11.1 Å². The summed E-state index contributed by atoms with van der Waals surface area (Å²) in [5, 5.41) is 9.70. The zero-order valence-electron chi connectivity index (χ0n) is 11.7. The Bertz CT molecular complexity index is 658. The maximum atomic E-state index is 12.4. The number of nitrogens with one attached hydrogen (secondary N) is 1. The molecule has 0 radical (unpaired) electrons. The van der Waals surface area contributed by atoms with Crippen LogP contribution in [0.3, 0.4) is 0 Å². The molecule has 1 aromatic carbocycles. The predicted octanol–water partition coefficient (Wildman–Crippen LogP) is 3.92. The summed E-state index contributed by atoms with van der Waals surface area (Å²) in [6, 6.07) is 4.55. The fourth-order valence-electron chi connectivity index (χ4n) is 2.37. The lowest BCUT2D eigenvalue weighted by Gasteiger charge is -2.34. The van der Waals surface area contributed by atoms with E-state index < -0.39 is 0 Å². The molecular weight excluding hydrogens is 289 g/mol. The number of rotatable bonds is 6. The third kappa shape index (κ3) is 3.88. The first kappa shape index (κ1) is 15.6. The minimum atomic E-state index is -0.366. The normalized spacial score (nSPS) is 19.3. The van der Waals surface area contributed by atoms with Gasteiger partial charge in [0.05, 0.1) is 13.2 Å². The predicted molar refractivity (Wildman–Crippen MR) is 78.1 cm³/mol. The SMILES string of the molecule is [N-]=[N+]=NCc1cc(N=[N+]=[N-])cc(C(=O)NC2CC(CF)C2)c1. The minimum Gasteiger partial charge on any atom is -0.349 e. The number of amides is 1. The van der Waals surface area contributed by atoms with Gasteiger partial charge < -0.3 is 5.32 Å². The van der Waals surface area contributed by atoms with E-state index in [-0.39, 0.29) is 36.8 Å². The first-order chi connectivity index (χ1) is 10.7. The molecule has 114 valence electrons. The molecule has 0 spiro atoms. The molecule has 0 aliphatic heterocycles. The van der Waals surface area contributed by atoms with Crippen LogP contribution in [0.25, 0.3) is 20.9 Å². The van der Waals surface area contributed by atoms with Gasteiger partial charge in [0.25, 0.3) is 5.91 Å². The highest BCUT2D eigenvalue weighted by Gasteiger charge is 2.30. The number of benzene rings is 1. The third-order valence-corrected chi connectivity index (χ3v) is 3.51. The summed E-state index contributed by atoms with van der Waals surface area (Å²) in [6.45, 7) is -0.312. The van der Waals surface area contributed by atoms with Crippen LogP contribution in [0.15, 0.2) is 28.4 Å². The lowest BCUT2D eigenvalue weighted by Crippen LogP contribution is -2.44. The van der Waals surface area contributed by atoms with Crippen LogP contribution in [0.2, 0.25) is 0 Å². The summed E-state index contributed by atoms with van der Waals surface area (Å²) in [5.41, 5.74) is 18.0. The Morgan fingerprint density at radius 1 is 1.32 bits per heavy atom. The molecule has 0 bridgehead atoms. The fraction of sp³-hybridized carbons (Fsp3) is 0.462. The van der Waals surface area contributed by atoms with E-state index >= 15 is 0 Å². The first-order valence-electron chi connectivity index (χ1n) is 6.73. The van der Waals surface area contributed by atoms with Crippen molar-refractivity contribution in [2.45, 2.75) is 25.4 Å². The second-order valence-corrected chi connectivity index (χ2v) is 5.13. The number of halogens is 1. The van der Waals surface area contributed by atoms with Gasteiger partial charge in [0.15, 0.2) is 0 Å². The molecule has 2 rings (SSSR count). The van der Waals surface area contributed by atoms with Gasteiger partial charge in [-0.15, -0.1) is 0 Å². The van der Waals surface area contributed by atoms with Crippen molar-refractivity contribution in [1.29, 1.82) is 0 Å². The van der Waals surface area contributed by atoms with E-state index in [2.05, 4.69) is 25.4 Å². The number of alkyl halides is 1. The second kappa shape index (κ2) is 7.31. The Balaban J connectivity index is 2.13. The average molecular weight is 303 g/mol. The third-order valence-electron chi connectivity index (χ3n) is 3.51. The molecule has 0 heterocycles. The molecule has 1 N–H and O–H groups in total. The van der Waals surface area contributed by atoms with Crippen molar-refractivity contribution in [1.82, 2.24) is 5.32 Å². The van der Waals surface area contributed by atoms with Crippen molar-refractivity contribution in [2.24, 2.45) is 16.1 Å². The van der Waals surface area contributed by atoms with Crippen LogP contribution in [0.4, 0.5) is 10.1 Å². The number of hydrogen-bond acceptors (Lipinski definition) is 3. The minimum absolute atomic E-state index is 0.0281. The van der Waals surface area contributed by atoms with E-state index in [9.17, 15) is 9.18 Å². The van der Waals surface area contributed by atoms with Gasteiger partial charge >= 0.3 is 0 Å². The summed E-state index contributed by atoms with van der Waals surface area (Å²) in [4.78, 5) is 17.5. The maximum absolute atomic E-state index is 12.4. The number of hydrogen-bond donors (Lipinski definition) is 1. The molecule has 0 aromatic heterocycles. The Kier molecular flexibility index (Phi) is 5.19. The van der Waals surface area contributed by atoms with E-state index in [0.717, 1.165) is 0 Å². The number of azide groups is 2. The number of nitrogens with zero attached hydrogens (tertiary/aromatic N) is 6. The maximum Gasteiger partial charge on any atom is 0.251 e. The molecule has 1 amide bonds. The van der Waals surface area contributed by atoms with E-state index in [1.54, 1.807) is 12.1 Å². The largest absolute Gasteiger partial charge is 0.349 e. The van der Waals surface area contributed by atoms with Crippen LogP contribution in [0.1, 0.15) is 28.8 Å². The first-order valence-corrected chi connectivity index (χ1v) is 6.73. The molecule has 8 nitrogen and oxygen atoms in total. The quantitative estimate of drug-likeness (QED) is 0.477. The standard InChI is InChI=1S/C13H14FN7O/c14-6-8-2-11(3-8)18-13(22)10-1-9(7-17-20-15)4-12(5-10)19-21-16/h1,4-5,8,11H,2-3,6-7H2,(H,18,22). The van der Waals surface area contributed by atoms with Gasteiger partial charge in [-0.2, -0.15) is 0 Å². The molecular formula is C13H14FN7O. The van der Waals surface area contributed by atoms with Crippen LogP contribution in [0.5, 0.6) is 0 Å². The van der Waals surface area contributed by atoms with Crippen molar-refractivity contribution in [3.63, 3.8) is 0 Å². The van der Waals surface area contributed by atoms with Gasteiger partial charge in [0.1, 0.15) is 0 Å². The van der Waals surface area contributed by atoms with E-state index in [1.807, 2.05) is 0 Å². The molecule has 1 fully saturated rings. The van der Waals surface area contributed by atoms with Crippen molar-refractivity contribution < 1.29 is 9.18 Å². The highest BCUT2D eigenvalue weighted by Crippen LogP contribution is 2.28. The summed E-state index contributed by atoms with van der Waals surface area (Å²) >= 11 is 0. The van der Waals surface area contributed by atoms with Crippen molar-refractivity contribution in [3.05, 3.63) is 50.2 Å². The molecule has 0 atom stereocenters. The summed E-state index contributed by atoms with van der Waals surface area (Å²) < 4.78 is 12.4. The summed E-state index contributed by atoms with van der Waals surface area (Å²) in [6.07, 6.45) is 1.26. The zero-order valence-corrected chi connectivity index (χ0v) is 11.7. The average Bonchev–Trinajstić information content (AvgIpc) is 2.48. The summed E-state index contributed by atoms with van der Waals surface area (Å²) in [5.74, 6) is -0.292. The fourth-order valence-corrected chi connectivity index (χ4v) is 2.37. The molecule has 22 heavy (non-hydrogen) atoms. The van der Waals surface area contributed by atoms with Gasteiger partial charge in [-0.3, -0.25) is 9.18 Å². The molecule has 9 heteroatoms.